The van der Waals surface area contributed by atoms with Gasteiger partial charge in [0.15, 0.2) is 0 Å². The summed E-state index contributed by atoms with van der Waals surface area (Å²) in [6, 6.07) is 52.7. The molecular weight excluding hydrogens is 1190 g/mol. The van der Waals surface area contributed by atoms with Crippen LogP contribution in [0.3, 0.4) is 0 Å². The first kappa shape index (κ1) is 74.2. The molecule has 0 unspecified atom stereocenters. The molecular formula is C65H79Cl2F2N7O6Pd. The van der Waals surface area contributed by atoms with Crippen LogP contribution in [0.4, 0.5) is 25.8 Å². The van der Waals surface area contributed by atoms with Gasteiger partial charge >= 0.3 is 35.0 Å². The molecule has 13 nitrogen and oxygen atoms in total. The van der Waals surface area contributed by atoms with Gasteiger partial charge in [-0.2, -0.15) is 15.8 Å². The van der Waals surface area contributed by atoms with Crippen molar-refractivity contribution in [2.45, 2.75) is 106 Å². The molecule has 1 heterocycles. The van der Waals surface area contributed by atoms with E-state index in [-0.39, 0.29) is 61.0 Å². The van der Waals surface area contributed by atoms with E-state index < -0.39 is 34.7 Å². The van der Waals surface area contributed by atoms with Gasteiger partial charge in [0.1, 0.15) is 11.6 Å². The number of nitrogen functional groups attached to an aromatic ring is 2. The molecule has 0 saturated heterocycles. The first-order valence-corrected chi connectivity index (χ1v) is 29.8. The number of ether oxygens (including phenoxy) is 4. The van der Waals surface area contributed by atoms with E-state index in [1.165, 1.54) is 39.0 Å². The minimum atomic E-state index is -0.775. The Morgan fingerprint density at radius 2 is 0.988 bits per heavy atom. The number of hydrogen-bond acceptors (Lipinski definition) is 12. The number of nitriles is 3. The third-order valence-corrected chi connectivity index (χ3v) is 11.3. The van der Waals surface area contributed by atoms with E-state index in [9.17, 15) is 19.0 Å². The van der Waals surface area contributed by atoms with E-state index in [2.05, 4.69) is 31.0 Å². The van der Waals surface area contributed by atoms with Crippen LogP contribution in [0, 0.1) is 62.9 Å². The number of aliphatic hydroxyl groups is 2. The van der Waals surface area contributed by atoms with Crippen LogP contribution in [0.25, 0.3) is 10.9 Å². The normalized spacial score (nSPS) is 11.0. The summed E-state index contributed by atoms with van der Waals surface area (Å²) in [4.78, 5) is 0. The Labute approximate surface area is 506 Å². The SMILES string of the molecule is C.CC#N.CC#N.CC#N.CC(C)(C#Cc1cc(N)c(F)cc1NC[C@@H](O)COCc1ccccc1)COCc1ccccc1.CC(C)(COCc1ccccc1)c1cc2cc(N)c(F)cc2n1C[C@@H](O)COCc1ccccc1.[Cl][Pd][Cl]. The molecule has 0 saturated carbocycles. The molecule has 18 heteroatoms. The number of aromatic nitrogens is 1. The monoisotopic (exact) mass is 1270 g/mol. The van der Waals surface area contributed by atoms with Crippen molar-refractivity contribution in [3.63, 3.8) is 0 Å². The number of hydrogen-bond donors (Lipinski definition) is 5. The summed E-state index contributed by atoms with van der Waals surface area (Å²) in [5.41, 5.74) is 17.8. The summed E-state index contributed by atoms with van der Waals surface area (Å²) in [5.74, 6) is 5.30. The number of anilines is 3. The number of nitrogens with two attached hydrogens (primary N) is 2. The number of benzene rings is 6. The number of halogens is 4. The first-order valence-electron chi connectivity index (χ1n) is 25.8. The Balaban J connectivity index is 0.000000690. The van der Waals surface area contributed by atoms with Crippen LogP contribution in [0.5, 0.6) is 0 Å². The van der Waals surface area contributed by atoms with E-state index in [0.717, 1.165) is 33.3 Å². The summed E-state index contributed by atoms with van der Waals surface area (Å²) >= 11 is -0.106. The molecule has 2 atom stereocenters. The van der Waals surface area contributed by atoms with E-state index in [1.807, 2.05) is 146 Å². The summed E-state index contributed by atoms with van der Waals surface area (Å²) in [6.07, 6.45) is -1.54. The van der Waals surface area contributed by atoms with Gasteiger partial charge in [-0.15, -0.1) is 0 Å². The fraction of sp³-hybridized carbons (Fsp3) is 0.338. The van der Waals surface area contributed by atoms with Crippen molar-refractivity contribution in [3.05, 3.63) is 197 Å². The standard InChI is InChI=1S/2C29H33FN2O3.3C2H3N.CH4.2ClH.Pd/c1-29(2,20-35-18-22-11-7-4-8-12-22)28-14-23-13-26(31)25(30)15-27(23)32(28)16-24(33)19-34-17-21-9-5-3-6-10-21;1-29(2,21-35-19-23-11-7-4-8-12-23)14-13-24-15-27(31)26(30)16-28(24)32-17-25(33)20-34-18-22-9-5-3-6-10-22;3*1-2-3;;;;/h3-15,24,33H,16-20,31H2,1-2H3;3-12,15-16,25,32-33H,17-21,31H2,1-2H3;3*1H3;1H4;2*1H;/q;;;;;;;;+2/p-2/t24-;25-;;;;;;;/m11......./s1. The van der Waals surface area contributed by atoms with Gasteiger partial charge < -0.3 is 50.5 Å². The summed E-state index contributed by atoms with van der Waals surface area (Å²) < 4.78 is 53.7. The van der Waals surface area contributed by atoms with Gasteiger partial charge in [-0.1, -0.05) is 154 Å². The molecule has 7 rings (SSSR count). The van der Waals surface area contributed by atoms with Crippen molar-refractivity contribution >= 4 is 47.0 Å². The number of fused-ring (bicyclic) bond motifs is 1. The van der Waals surface area contributed by atoms with Crippen LogP contribution in [-0.2, 0) is 73.3 Å². The number of nitrogens with one attached hydrogen (secondary N) is 1. The molecule has 1 aromatic heterocycles. The van der Waals surface area contributed by atoms with E-state index in [4.69, 9.17) is 65.3 Å². The molecule has 0 amide bonds. The molecule has 448 valence electrons. The molecule has 0 spiro atoms. The van der Waals surface area contributed by atoms with Gasteiger partial charge in [-0.25, -0.2) is 8.78 Å². The van der Waals surface area contributed by atoms with Crippen LogP contribution in [0.1, 0.15) is 89.4 Å². The van der Waals surface area contributed by atoms with Gasteiger partial charge in [0.25, 0.3) is 0 Å². The zero-order valence-electron chi connectivity index (χ0n) is 47.5. The van der Waals surface area contributed by atoms with Crippen molar-refractivity contribution in [1.82, 2.24) is 4.57 Å². The Morgan fingerprint density at radius 3 is 1.43 bits per heavy atom. The second-order valence-corrected chi connectivity index (χ2v) is 21.7. The Hall–Kier alpha value is -6.85. The molecule has 0 radical (unpaired) electrons. The van der Waals surface area contributed by atoms with Crippen molar-refractivity contribution < 1.29 is 53.9 Å². The van der Waals surface area contributed by atoms with Crippen LogP contribution < -0.4 is 16.8 Å². The van der Waals surface area contributed by atoms with Gasteiger partial charge in [0.2, 0.25) is 0 Å². The summed E-state index contributed by atoms with van der Waals surface area (Å²) in [5, 5.41) is 47.0. The van der Waals surface area contributed by atoms with Gasteiger partial charge in [-0.05, 0) is 54.3 Å². The summed E-state index contributed by atoms with van der Waals surface area (Å²) in [7, 11) is 9.63. The minimum absolute atomic E-state index is 0. The first-order chi connectivity index (χ1) is 39.3. The maximum absolute atomic E-state index is 14.4. The van der Waals surface area contributed by atoms with Crippen molar-refractivity contribution in [2.24, 2.45) is 5.41 Å². The van der Waals surface area contributed by atoms with Crippen molar-refractivity contribution in [3.8, 4) is 30.0 Å². The topological polar surface area (TPSA) is 218 Å². The zero-order valence-corrected chi connectivity index (χ0v) is 50.5. The molecule has 0 bridgehead atoms. The average Bonchev–Trinajstić information content (AvgIpc) is 3.83. The fourth-order valence-electron chi connectivity index (χ4n) is 7.57. The molecule has 0 aliphatic rings. The molecule has 6 aromatic carbocycles. The number of nitrogens with zero attached hydrogens (tertiary/aromatic N) is 4. The Morgan fingerprint density at radius 1 is 0.602 bits per heavy atom. The molecule has 0 aliphatic heterocycles. The van der Waals surface area contributed by atoms with Crippen molar-refractivity contribution in [1.29, 1.82) is 15.8 Å². The second kappa shape index (κ2) is 42.0. The van der Waals surface area contributed by atoms with E-state index in [0.29, 0.717) is 56.4 Å². The Kier molecular flexibility index (Phi) is 37.6. The quantitative estimate of drug-likeness (QED) is 0.0243. The molecule has 7 aromatic rings. The molecule has 83 heavy (non-hydrogen) atoms. The van der Waals surface area contributed by atoms with Crippen LogP contribution in [0.15, 0.2) is 152 Å². The van der Waals surface area contributed by atoms with Gasteiger partial charge in [0.05, 0.1) is 112 Å². The maximum atomic E-state index is 14.4. The van der Waals surface area contributed by atoms with E-state index >= 15 is 0 Å². The molecule has 0 aliphatic carbocycles. The zero-order chi connectivity index (χ0) is 60.8. The fourth-order valence-corrected chi connectivity index (χ4v) is 7.57. The molecule has 7 N–H and O–H groups in total. The van der Waals surface area contributed by atoms with Gasteiger partial charge in [-0.3, -0.25) is 0 Å². The predicted octanol–water partition coefficient (Wildman–Crippen LogP) is 14.0. The van der Waals surface area contributed by atoms with Crippen LogP contribution >= 0.6 is 19.1 Å². The Bertz CT molecular complexity index is 3070. The summed E-state index contributed by atoms with van der Waals surface area (Å²) in [6.45, 7) is 15.9. The molecule has 0 fully saturated rings. The van der Waals surface area contributed by atoms with E-state index in [1.54, 1.807) is 24.3 Å². The van der Waals surface area contributed by atoms with Crippen molar-refractivity contribution in [2.75, 3.05) is 49.8 Å². The second-order valence-electron chi connectivity index (χ2n) is 19.4. The van der Waals surface area contributed by atoms with Crippen LogP contribution in [0.2, 0.25) is 0 Å². The van der Waals surface area contributed by atoms with Crippen LogP contribution in [-0.4, -0.2) is 60.0 Å². The number of aliphatic hydroxyl groups excluding tert-OH is 2. The predicted molar refractivity (Wildman–Crippen MR) is 328 cm³/mol. The van der Waals surface area contributed by atoms with Gasteiger partial charge in [0, 0.05) is 66.9 Å². The number of rotatable bonds is 22. The third kappa shape index (κ3) is 29.8. The third-order valence-electron chi connectivity index (χ3n) is 11.3. The average molecular weight is 1270 g/mol.